The van der Waals surface area contributed by atoms with E-state index in [1.165, 1.54) is 4.88 Å². The normalized spacial score (nSPS) is 20.7. The standard InChI is InChI=1S/C15H26N4S/c1-7-16-13(18-9-12-17-8-11(2)20-12)19-10-14(3,4)15(19,5)6/h8H,7,9-10H2,1-6H3,(H,16,18). The molecule has 0 radical (unpaired) electrons. The monoisotopic (exact) mass is 294 g/mol. The first kappa shape index (κ1) is 15.3. The first-order valence-corrected chi connectivity index (χ1v) is 8.07. The van der Waals surface area contributed by atoms with E-state index in [0.29, 0.717) is 12.0 Å². The number of nitrogens with one attached hydrogen (secondary N) is 1. The van der Waals surface area contributed by atoms with Crippen LogP contribution in [0.1, 0.15) is 44.5 Å². The van der Waals surface area contributed by atoms with E-state index in [9.17, 15) is 0 Å². The number of aliphatic imine (C=N–C) groups is 1. The van der Waals surface area contributed by atoms with Crippen LogP contribution in [0.4, 0.5) is 0 Å². The predicted octanol–water partition coefficient (Wildman–Crippen LogP) is 3.04. The highest BCUT2D eigenvalue weighted by Gasteiger charge is 2.53. The number of hydrogen-bond donors (Lipinski definition) is 1. The van der Waals surface area contributed by atoms with Crippen molar-refractivity contribution in [2.24, 2.45) is 10.4 Å². The maximum atomic E-state index is 4.76. The van der Waals surface area contributed by atoms with Crippen molar-refractivity contribution in [3.63, 3.8) is 0 Å². The number of rotatable bonds is 3. The van der Waals surface area contributed by atoms with E-state index >= 15 is 0 Å². The molecule has 1 aliphatic rings. The summed E-state index contributed by atoms with van der Waals surface area (Å²) in [6.45, 7) is 16.0. The lowest BCUT2D eigenvalue weighted by Crippen LogP contribution is -2.72. The highest BCUT2D eigenvalue weighted by molar-refractivity contribution is 7.11. The molecule has 4 nitrogen and oxygen atoms in total. The molecule has 1 aromatic heterocycles. The van der Waals surface area contributed by atoms with Crippen molar-refractivity contribution in [3.8, 4) is 0 Å². The third kappa shape index (κ3) is 2.68. The fraction of sp³-hybridized carbons (Fsp3) is 0.733. The van der Waals surface area contributed by atoms with Gasteiger partial charge < -0.3 is 10.2 Å². The minimum Gasteiger partial charge on any atom is -0.356 e. The average molecular weight is 294 g/mol. The van der Waals surface area contributed by atoms with Gasteiger partial charge in [-0.05, 0) is 27.7 Å². The van der Waals surface area contributed by atoms with E-state index in [0.717, 1.165) is 24.1 Å². The lowest BCUT2D eigenvalue weighted by Gasteiger charge is -2.62. The van der Waals surface area contributed by atoms with E-state index in [1.807, 2.05) is 6.20 Å². The van der Waals surface area contributed by atoms with Gasteiger partial charge in [-0.1, -0.05) is 13.8 Å². The van der Waals surface area contributed by atoms with E-state index in [1.54, 1.807) is 11.3 Å². The summed E-state index contributed by atoms with van der Waals surface area (Å²) in [5.41, 5.74) is 0.452. The number of thiazole rings is 1. The third-order valence-corrected chi connectivity index (χ3v) is 5.41. The van der Waals surface area contributed by atoms with Gasteiger partial charge in [0, 0.05) is 35.1 Å². The molecule has 1 N–H and O–H groups in total. The summed E-state index contributed by atoms with van der Waals surface area (Å²) in [5.74, 6) is 1.00. The molecule has 2 rings (SSSR count). The van der Waals surface area contributed by atoms with Crippen LogP contribution >= 0.6 is 11.3 Å². The first-order valence-electron chi connectivity index (χ1n) is 7.25. The molecular weight excluding hydrogens is 268 g/mol. The molecule has 1 aromatic rings. The molecule has 20 heavy (non-hydrogen) atoms. The Hall–Kier alpha value is -1.10. The van der Waals surface area contributed by atoms with E-state index in [2.05, 4.69) is 56.7 Å². The number of guanidine groups is 1. The van der Waals surface area contributed by atoms with Gasteiger partial charge in [-0.25, -0.2) is 9.98 Å². The fourth-order valence-electron chi connectivity index (χ4n) is 2.41. The number of likely N-dealkylation sites (tertiary alicyclic amines) is 1. The molecule has 112 valence electrons. The lowest BCUT2D eigenvalue weighted by molar-refractivity contribution is -0.0667. The molecule has 0 saturated carbocycles. The molecule has 0 aromatic carbocycles. The van der Waals surface area contributed by atoms with Crippen molar-refractivity contribution < 1.29 is 0 Å². The Balaban J connectivity index is 2.12. The van der Waals surface area contributed by atoms with Crippen LogP contribution in [0.25, 0.3) is 0 Å². The predicted molar refractivity (Wildman–Crippen MR) is 86.2 cm³/mol. The Bertz CT molecular complexity index is 502. The van der Waals surface area contributed by atoms with Crippen molar-refractivity contribution in [1.29, 1.82) is 0 Å². The van der Waals surface area contributed by atoms with E-state index in [4.69, 9.17) is 4.99 Å². The summed E-state index contributed by atoms with van der Waals surface area (Å²) in [7, 11) is 0. The second-order valence-corrected chi connectivity index (χ2v) is 7.88. The maximum Gasteiger partial charge on any atom is 0.194 e. The summed E-state index contributed by atoms with van der Waals surface area (Å²) >= 11 is 1.72. The van der Waals surface area contributed by atoms with Crippen LogP contribution < -0.4 is 5.32 Å². The van der Waals surface area contributed by atoms with Crippen LogP contribution in [0.2, 0.25) is 0 Å². The SMILES string of the molecule is CCNC(=NCc1ncc(C)s1)N1CC(C)(C)C1(C)C. The van der Waals surface area contributed by atoms with Crippen LogP contribution in [0.3, 0.4) is 0 Å². The van der Waals surface area contributed by atoms with Gasteiger partial charge in [-0.2, -0.15) is 0 Å². The topological polar surface area (TPSA) is 40.5 Å². The summed E-state index contributed by atoms with van der Waals surface area (Å²) in [4.78, 5) is 12.8. The molecule has 5 heteroatoms. The molecule has 0 spiro atoms. The molecule has 0 atom stereocenters. The van der Waals surface area contributed by atoms with Crippen LogP contribution in [0, 0.1) is 12.3 Å². The molecule has 2 heterocycles. The molecule has 1 fully saturated rings. The van der Waals surface area contributed by atoms with Crippen LogP contribution in [-0.2, 0) is 6.54 Å². The second-order valence-electron chi connectivity index (χ2n) is 6.56. The second kappa shape index (κ2) is 5.35. The molecule has 1 aliphatic heterocycles. The Morgan fingerprint density at radius 2 is 2.15 bits per heavy atom. The minimum absolute atomic E-state index is 0.132. The first-order chi connectivity index (χ1) is 9.28. The Morgan fingerprint density at radius 3 is 2.60 bits per heavy atom. The molecular formula is C15H26N4S. The number of aryl methyl sites for hydroxylation is 1. The third-order valence-electron chi connectivity index (χ3n) is 4.51. The van der Waals surface area contributed by atoms with Crippen molar-refractivity contribution >= 4 is 17.3 Å². The summed E-state index contributed by atoms with van der Waals surface area (Å²) in [6.07, 6.45) is 1.92. The summed E-state index contributed by atoms with van der Waals surface area (Å²) in [6, 6.07) is 0. The van der Waals surface area contributed by atoms with Crippen LogP contribution in [0.5, 0.6) is 0 Å². The number of nitrogens with zero attached hydrogens (tertiary/aromatic N) is 3. The van der Waals surface area contributed by atoms with Gasteiger partial charge in [-0.15, -0.1) is 11.3 Å². The van der Waals surface area contributed by atoms with Gasteiger partial charge in [0.05, 0.1) is 6.54 Å². The fourth-order valence-corrected chi connectivity index (χ4v) is 3.12. The summed E-state index contributed by atoms with van der Waals surface area (Å²) in [5, 5.41) is 4.49. The van der Waals surface area contributed by atoms with Gasteiger partial charge >= 0.3 is 0 Å². The van der Waals surface area contributed by atoms with E-state index < -0.39 is 0 Å². The van der Waals surface area contributed by atoms with Gasteiger partial charge in [0.15, 0.2) is 5.96 Å². The zero-order valence-corrected chi connectivity index (χ0v) is 14.3. The van der Waals surface area contributed by atoms with Gasteiger partial charge in [-0.3, -0.25) is 0 Å². The average Bonchev–Trinajstić information content (AvgIpc) is 2.78. The molecule has 1 saturated heterocycles. The Kier molecular flexibility index (Phi) is 4.09. The van der Waals surface area contributed by atoms with Crippen molar-refractivity contribution in [2.75, 3.05) is 13.1 Å². The minimum atomic E-state index is 0.132. The van der Waals surface area contributed by atoms with Crippen molar-refractivity contribution in [3.05, 3.63) is 16.1 Å². The largest absolute Gasteiger partial charge is 0.356 e. The van der Waals surface area contributed by atoms with Crippen molar-refractivity contribution in [1.82, 2.24) is 15.2 Å². The van der Waals surface area contributed by atoms with Gasteiger partial charge in [0.1, 0.15) is 5.01 Å². The molecule has 0 aliphatic carbocycles. The number of hydrogen-bond acceptors (Lipinski definition) is 3. The quantitative estimate of drug-likeness (QED) is 0.688. The lowest BCUT2D eigenvalue weighted by atomic mass is 9.65. The molecule has 0 unspecified atom stereocenters. The maximum absolute atomic E-state index is 4.76. The summed E-state index contributed by atoms with van der Waals surface area (Å²) < 4.78 is 0. The van der Waals surface area contributed by atoms with Crippen molar-refractivity contribution in [2.45, 2.75) is 53.6 Å². The molecule has 0 bridgehead atoms. The number of aromatic nitrogens is 1. The van der Waals surface area contributed by atoms with Crippen LogP contribution in [-0.4, -0.2) is 34.5 Å². The van der Waals surface area contributed by atoms with Gasteiger partial charge in [0.25, 0.3) is 0 Å². The smallest absolute Gasteiger partial charge is 0.194 e. The Labute approximate surface area is 126 Å². The van der Waals surface area contributed by atoms with Crippen LogP contribution in [0.15, 0.2) is 11.2 Å². The van der Waals surface area contributed by atoms with E-state index in [-0.39, 0.29) is 5.54 Å². The highest BCUT2D eigenvalue weighted by Crippen LogP contribution is 2.46. The van der Waals surface area contributed by atoms with Gasteiger partial charge in [0.2, 0.25) is 0 Å². The zero-order valence-electron chi connectivity index (χ0n) is 13.4. The zero-order chi connectivity index (χ0) is 15.0. The molecule has 0 amide bonds. The highest BCUT2D eigenvalue weighted by atomic mass is 32.1. The Morgan fingerprint density at radius 1 is 1.45 bits per heavy atom.